The first-order valence-corrected chi connectivity index (χ1v) is 6.23. The standard InChI is InChI=1S/C13H23N3O2/c1-6-10-11(14-4)15-9-16-12(10)18-8-7-13(2,3)17-5/h9H,6-8H2,1-5H3,(H,14,15,16). The Hall–Kier alpha value is -1.36. The molecule has 0 aromatic carbocycles. The van der Waals surface area contributed by atoms with E-state index in [1.165, 1.54) is 6.33 Å². The summed E-state index contributed by atoms with van der Waals surface area (Å²) in [6, 6.07) is 0. The van der Waals surface area contributed by atoms with Crippen LogP contribution in [0.2, 0.25) is 0 Å². The Morgan fingerprint density at radius 1 is 1.33 bits per heavy atom. The normalized spacial score (nSPS) is 11.4. The van der Waals surface area contributed by atoms with Gasteiger partial charge in [-0.1, -0.05) is 6.92 Å². The molecule has 0 aliphatic heterocycles. The molecule has 0 aliphatic carbocycles. The van der Waals surface area contributed by atoms with Crippen molar-refractivity contribution >= 4 is 5.82 Å². The van der Waals surface area contributed by atoms with Crippen molar-refractivity contribution in [1.29, 1.82) is 0 Å². The second-order valence-corrected chi connectivity index (χ2v) is 4.67. The Balaban J connectivity index is 2.67. The Morgan fingerprint density at radius 3 is 2.61 bits per heavy atom. The molecule has 0 bridgehead atoms. The van der Waals surface area contributed by atoms with Crippen LogP contribution in [0, 0.1) is 0 Å². The molecular formula is C13H23N3O2. The molecule has 0 aliphatic rings. The summed E-state index contributed by atoms with van der Waals surface area (Å²) in [5.41, 5.74) is 0.834. The van der Waals surface area contributed by atoms with Gasteiger partial charge in [-0.2, -0.15) is 0 Å². The van der Waals surface area contributed by atoms with Crippen LogP contribution < -0.4 is 10.1 Å². The zero-order valence-corrected chi connectivity index (χ0v) is 11.9. The Kier molecular flexibility index (Phi) is 5.34. The Bertz CT molecular complexity index is 380. The van der Waals surface area contributed by atoms with E-state index >= 15 is 0 Å². The van der Waals surface area contributed by atoms with E-state index in [-0.39, 0.29) is 5.60 Å². The molecule has 0 atom stereocenters. The Labute approximate surface area is 109 Å². The second-order valence-electron chi connectivity index (χ2n) is 4.67. The molecule has 0 amide bonds. The van der Waals surface area contributed by atoms with Crippen LogP contribution in [-0.4, -0.2) is 36.3 Å². The molecule has 1 heterocycles. The van der Waals surface area contributed by atoms with Crippen LogP contribution in [0.1, 0.15) is 32.8 Å². The highest BCUT2D eigenvalue weighted by molar-refractivity contribution is 5.48. The average molecular weight is 253 g/mol. The number of hydrogen-bond acceptors (Lipinski definition) is 5. The van der Waals surface area contributed by atoms with Gasteiger partial charge in [0.05, 0.1) is 17.8 Å². The molecule has 0 saturated carbocycles. The lowest BCUT2D eigenvalue weighted by atomic mass is 10.1. The van der Waals surface area contributed by atoms with Crippen LogP contribution in [0.15, 0.2) is 6.33 Å². The van der Waals surface area contributed by atoms with E-state index in [1.54, 1.807) is 7.11 Å². The van der Waals surface area contributed by atoms with Gasteiger partial charge >= 0.3 is 0 Å². The van der Waals surface area contributed by atoms with Gasteiger partial charge in [0.2, 0.25) is 5.88 Å². The molecule has 1 aromatic heterocycles. The molecule has 0 fully saturated rings. The number of nitrogens with one attached hydrogen (secondary N) is 1. The van der Waals surface area contributed by atoms with Crippen molar-refractivity contribution in [3.8, 4) is 5.88 Å². The molecule has 0 saturated heterocycles. The van der Waals surface area contributed by atoms with E-state index in [9.17, 15) is 0 Å². The van der Waals surface area contributed by atoms with E-state index in [0.29, 0.717) is 12.5 Å². The summed E-state index contributed by atoms with van der Waals surface area (Å²) in [5.74, 6) is 1.48. The van der Waals surface area contributed by atoms with Gasteiger partial charge in [0.25, 0.3) is 0 Å². The predicted octanol–water partition coefficient (Wildman–Crippen LogP) is 2.27. The first-order valence-electron chi connectivity index (χ1n) is 6.23. The van der Waals surface area contributed by atoms with Crippen LogP contribution in [0.25, 0.3) is 0 Å². The van der Waals surface area contributed by atoms with Gasteiger partial charge in [-0.05, 0) is 20.3 Å². The van der Waals surface area contributed by atoms with Crippen LogP contribution in [0.5, 0.6) is 5.88 Å². The molecular weight excluding hydrogens is 230 g/mol. The maximum absolute atomic E-state index is 5.74. The molecule has 18 heavy (non-hydrogen) atoms. The third kappa shape index (κ3) is 3.84. The molecule has 0 unspecified atom stereocenters. The summed E-state index contributed by atoms with van der Waals surface area (Å²) in [6.45, 7) is 6.71. The largest absolute Gasteiger partial charge is 0.477 e. The third-order valence-electron chi connectivity index (χ3n) is 2.99. The van der Waals surface area contributed by atoms with Crippen molar-refractivity contribution in [2.45, 2.75) is 39.2 Å². The van der Waals surface area contributed by atoms with E-state index in [0.717, 1.165) is 24.2 Å². The van der Waals surface area contributed by atoms with Crippen molar-refractivity contribution in [1.82, 2.24) is 9.97 Å². The number of rotatable bonds is 7. The number of anilines is 1. The number of nitrogens with zero attached hydrogens (tertiary/aromatic N) is 2. The number of ether oxygens (including phenoxy) is 2. The fourth-order valence-electron chi connectivity index (χ4n) is 1.55. The molecule has 102 valence electrons. The topological polar surface area (TPSA) is 56.3 Å². The minimum Gasteiger partial charge on any atom is -0.477 e. The van der Waals surface area contributed by atoms with Gasteiger partial charge < -0.3 is 14.8 Å². The van der Waals surface area contributed by atoms with Crippen molar-refractivity contribution in [2.75, 3.05) is 26.1 Å². The lowest BCUT2D eigenvalue weighted by molar-refractivity contribution is 0.00500. The highest BCUT2D eigenvalue weighted by Crippen LogP contribution is 2.23. The maximum atomic E-state index is 5.74. The zero-order valence-electron chi connectivity index (χ0n) is 11.9. The fourth-order valence-corrected chi connectivity index (χ4v) is 1.55. The fraction of sp³-hybridized carbons (Fsp3) is 0.692. The number of aromatic nitrogens is 2. The highest BCUT2D eigenvalue weighted by atomic mass is 16.5. The summed E-state index contributed by atoms with van der Waals surface area (Å²) >= 11 is 0. The van der Waals surface area contributed by atoms with Gasteiger partial charge in [0, 0.05) is 20.6 Å². The first kappa shape index (κ1) is 14.7. The van der Waals surface area contributed by atoms with Crippen molar-refractivity contribution in [3.63, 3.8) is 0 Å². The molecule has 5 heteroatoms. The van der Waals surface area contributed by atoms with Gasteiger partial charge in [-0.3, -0.25) is 0 Å². The Morgan fingerprint density at radius 2 is 2.06 bits per heavy atom. The van der Waals surface area contributed by atoms with E-state index in [4.69, 9.17) is 9.47 Å². The van der Waals surface area contributed by atoms with Gasteiger partial charge in [-0.25, -0.2) is 9.97 Å². The molecule has 0 radical (unpaired) electrons. The van der Waals surface area contributed by atoms with Crippen molar-refractivity contribution in [2.24, 2.45) is 0 Å². The molecule has 0 spiro atoms. The summed E-state index contributed by atoms with van der Waals surface area (Å²) in [4.78, 5) is 8.36. The SMILES string of the molecule is CCc1c(NC)ncnc1OCCC(C)(C)OC. The minimum atomic E-state index is -0.175. The van der Waals surface area contributed by atoms with Crippen LogP contribution in [0.4, 0.5) is 5.82 Å². The number of methoxy groups -OCH3 is 1. The summed E-state index contributed by atoms with van der Waals surface area (Å²) < 4.78 is 11.1. The quantitative estimate of drug-likeness (QED) is 0.808. The molecule has 1 aromatic rings. The van der Waals surface area contributed by atoms with E-state index in [2.05, 4.69) is 22.2 Å². The predicted molar refractivity (Wildman–Crippen MR) is 72.2 cm³/mol. The van der Waals surface area contributed by atoms with Crippen LogP contribution in [-0.2, 0) is 11.2 Å². The minimum absolute atomic E-state index is 0.175. The van der Waals surface area contributed by atoms with E-state index in [1.807, 2.05) is 20.9 Å². The molecule has 1 rings (SSSR count). The van der Waals surface area contributed by atoms with Crippen molar-refractivity contribution in [3.05, 3.63) is 11.9 Å². The third-order valence-corrected chi connectivity index (χ3v) is 2.99. The summed E-state index contributed by atoms with van der Waals surface area (Å²) in [5, 5.41) is 3.05. The highest BCUT2D eigenvalue weighted by Gasteiger charge is 2.17. The first-order chi connectivity index (χ1) is 8.54. The van der Waals surface area contributed by atoms with Gasteiger partial charge in [-0.15, -0.1) is 0 Å². The molecule has 5 nitrogen and oxygen atoms in total. The average Bonchev–Trinajstić information content (AvgIpc) is 2.38. The van der Waals surface area contributed by atoms with Gasteiger partial charge in [0.15, 0.2) is 0 Å². The lowest BCUT2D eigenvalue weighted by Crippen LogP contribution is -2.25. The monoisotopic (exact) mass is 253 g/mol. The lowest BCUT2D eigenvalue weighted by Gasteiger charge is -2.22. The summed E-state index contributed by atoms with van der Waals surface area (Å²) in [7, 11) is 3.56. The summed E-state index contributed by atoms with van der Waals surface area (Å²) in [6.07, 6.45) is 3.16. The molecule has 1 N–H and O–H groups in total. The van der Waals surface area contributed by atoms with E-state index < -0.39 is 0 Å². The smallest absolute Gasteiger partial charge is 0.221 e. The van der Waals surface area contributed by atoms with Gasteiger partial charge in [0.1, 0.15) is 12.1 Å². The number of hydrogen-bond donors (Lipinski definition) is 1. The van der Waals surface area contributed by atoms with Crippen LogP contribution in [0.3, 0.4) is 0 Å². The maximum Gasteiger partial charge on any atom is 0.221 e. The van der Waals surface area contributed by atoms with Crippen molar-refractivity contribution < 1.29 is 9.47 Å². The van der Waals surface area contributed by atoms with Crippen LogP contribution >= 0.6 is 0 Å². The zero-order chi connectivity index (χ0) is 13.6. The second kappa shape index (κ2) is 6.54.